The molecular formula is C23H21F2N7O2. The topological polar surface area (TPSA) is 110 Å². The molecule has 0 aromatic carbocycles. The van der Waals surface area contributed by atoms with Crippen molar-refractivity contribution in [2.45, 2.75) is 27.4 Å². The van der Waals surface area contributed by atoms with Crippen LogP contribution >= 0.6 is 0 Å². The van der Waals surface area contributed by atoms with Gasteiger partial charge in [-0.05, 0) is 38.5 Å². The Labute approximate surface area is 194 Å². The Hall–Kier alpha value is -4.33. The Bertz CT molecular complexity index is 1370. The first-order valence-corrected chi connectivity index (χ1v) is 10.3. The number of alkyl halides is 2. The van der Waals surface area contributed by atoms with Gasteiger partial charge in [0.15, 0.2) is 5.82 Å². The van der Waals surface area contributed by atoms with Crippen molar-refractivity contribution in [3.63, 3.8) is 0 Å². The normalized spacial score (nSPS) is 11.4. The minimum Gasteiger partial charge on any atom is -0.490 e. The summed E-state index contributed by atoms with van der Waals surface area (Å²) >= 11 is 0. The van der Waals surface area contributed by atoms with Crippen molar-refractivity contribution >= 4 is 17.2 Å². The molecule has 34 heavy (non-hydrogen) atoms. The Morgan fingerprint density at radius 3 is 2.74 bits per heavy atom. The van der Waals surface area contributed by atoms with Crippen molar-refractivity contribution in [3.05, 3.63) is 54.7 Å². The van der Waals surface area contributed by atoms with Crippen molar-refractivity contribution in [2.24, 2.45) is 5.41 Å². The molecule has 0 unspecified atom stereocenters. The van der Waals surface area contributed by atoms with Crippen molar-refractivity contribution in [1.29, 1.82) is 5.26 Å². The minimum atomic E-state index is -3.01. The average Bonchev–Trinajstić information content (AvgIpc) is 3.19. The third-order valence-corrected chi connectivity index (χ3v) is 4.73. The molecular weight excluding hydrogens is 444 g/mol. The lowest BCUT2D eigenvalue weighted by molar-refractivity contribution is -0.0528. The highest BCUT2D eigenvalue weighted by Gasteiger charge is 2.20. The number of nitrogens with zero attached hydrogens (tertiary/aromatic N) is 6. The van der Waals surface area contributed by atoms with Crippen molar-refractivity contribution in [1.82, 2.24) is 24.6 Å². The summed E-state index contributed by atoms with van der Waals surface area (Å²) < 4.78 is 37.5. The van der Waals surface area contributed by atoms with E-state index in [0.29, 0.717) is 28.5 Å². The minimum absolute atomic E-state index is 0.0910. The van der Waals surface area contributed by atoms with Crippen LogP contribution in [-0.4, -0.2) is 37.8 Å². The molecule has 0 saturated carbocycles. The van der Waals surface area contributed by atoms with E-state index < -0.39 is 12.0 Å². The summed E-state index contributed by atoms with van der Waals surface area (Å²) in [5.41, 5.74) is 1.91. The molecule has 0 atom stereocenters. The summed E-state index contributed by atoms with van der Waals surface area (Å²) in [7, 11) is 0. The fraction of sp³-hybridized carbons (Fsp3) is 0.261. The average molecular weight is 465 g/mol. The van der Waals surface area contributed by atoms with E-state index in [1.807, 2.05) is 19.1 Å². The second kappa shape index (κ2) is 9.27. The number of ether oxygens (including phenoxy) is 2. The fourth-order valence-corrected chi connectivity index (χ4v) is 3.09. The number of anilines is 2. The zero-order chi connectivity index (χ0) is 24.3. The van der Waals surface area contributed by atoms with Crippen LogP contribution in [0.3, 0.4) is 0 Å². The van der Waals surface area contributed by atoms with Gasteiger partial charge in [0.1, 0.15) is 18.2 Å². The van der Waals surface area contributed by atoms with Crippen LogP contribution in [0.2, 0.25) is 0 Å². The molecule has 0 bridgehead atoms. The standard InChI is InChI=1S/C23H21F2N7O2/c1-14-9-27-11-20(29-14)30-19-7-16-6-15(4-5-32(16)31-19)17-8-21(34-22(24)25)28-10-18(17)33-13-23(2,3)12-26/h4-11,22H,13H2,1-3H3,(H,29,30,31). The van der Waals surface area contributed by atoms with Gasteiger partial charge in [0.2, 0.25) is 5.88 Å². The van der Waals surface area contributed by atoms with E-state index in [2.05, 4.69) is 36.2 Å². The highest BCUT2D eigenvalue weighted by atomic mass is 19.3. The maximum atomic E-state index is 12.8. The molecule has 0 aliphatic carbocycles. The monoisotopic (exact) mass is 465 g/mol. The van der Waals surface area contributed by atoms with E-state index in [-0.39, 0.29) is 12.5 Å². The molecule has 1 N–H and O–H groups in total. The number of nitriles is 1. The SMILES string of the molecule is Cc1cncc(Nc2cc3cc(-c4cc(OC(F)F)ncc4OCC(C)(C)C#N)ccn3n2)n1. The van der Waals surface area contributed by atoms with Crippen LogP contribution in [0.5, 0.6) is 11.6 Å². The van der Waals surface area contributed by atoms with Gasteiger partial charge in [0.25, 0.3) is 0 Å². The summed E-state index contributed by atoms with van der Waals surface area (Å²) in [6.45, 7) is 2.39. The van der Waals surface area contributed by atoms with Crippen LogP contribution in [0.1, 0.15) is 19.5 Å². The largest absolute Gasteiger partial charge is 0.490 e. The Morgan fingerprint density at radius 2 is 2.00 bits per heavy atom. The van der Waals surface area contributed by atoms with Gasteiger partial charge in [-0.2, -0.15) is 19.1 Å². The van der Waals surface area contributed by atoms with E-state index in [9.17, 15) is 14.0 Å². The van der Waals surface area contributed by atoms with Gasteiger partial charge in [-0.15, -0.1) is 0 Å². The van der Waals surface area contributed by atoms with Gasteiger partial charge < -0.3 is 14.8 Å². The van der Waals surface area contributed by atoms with E-state index in [1.165, 1.54) is 12.3 Å². The van der Waals surface area contributed by atoms with Crippen LogP contribution in [0, 0.1) is 23.7 Å². The molecule has 4 heterocycles. The van der Waals surface area contributed by atoms with Gasteiger partial charge in [0, 0.05) is 30.1 Å². The Morgan fingerprint density at radius 1 is 1.18 bits per heavy atom. The molecule has 0 radical (unpaired) electrons. The molecule has 9 nitrogen and oxygen atoms in total. The molecule has 0 amide bonds. The summed E-state index contributed by atoms with van der Waals surface area (Å²) in [5, 5.41) is 16.8. The van der Waals surface area contributed by atoms with Crippen molar-refractivity contribution in [3.8, 4) is 28.8 Å². The predicted molar refractivity (Wildman–Crippen MR) is 120 cm³/mol. The lowest BCUT2D eigenvalue weighted by Gasteiger charge is -2.18. The molecule has 4 aromatic rings. The number of rotatable bonds is 8. The Kier molecular flexibility index (Phi) is 6.23. The summed E-state index contributed by atoms with van der Waals surface area (Å²) in [6.07, 6.45) is 6.29. The van der Waals surface area contributed by atoms with Crippen molar-refractivity contribution < 1.29 is 18.3 Å². The molecule has 174 valence electrons. The van der Waals surface area contributed by atoms with Gasteiger partial charge in [-0.3, -0.25) is 4.98 Å². The molecule has 4 aromatic heterocycles. The summed E-state index contributed by atoms with van der Waals surface area (Å²) in [6, 6.07) is 8.94. The lowest BCUT2D eigenvalue weighted by Crippen LogP contribution is -2.19. The summed E-state index contributed by atoms with van der Waals surface area (Å²) in [5.74, 6) is 1.20. The quantitative estimate of drug-likeness (QED) is 0.396. The number of hydrogen-bond donors (Lipinski definition) is 1. The van der Waals surface area contributed by atoms with Crippen LogP contribution in [0.15, 0.2) is 49.1 Å². The zero-order valence-corrected chi connectivity index (χ0v) is 18.7. The summed E-state index contributed by atoms with van der Waals surface area (Å²) in [4.78, 5) is 12.4. The third-order valence-electron chi connectivity index (χ3n) is 4.73. The van der Waals surface area contributed by atoms with Gasteiger partial charge in [-0.25, -0.2) is 14.5 Å². The maximum Gasteiger partial charge on any atom is 0.388 e. The lowest BCUT2D eigenvalue weighted by atomic mass is 9.97. The molecule has 0 saturated heterocycles. The van der Waals surface area contributed by atoms with E-state index in [0.717, 1.165) is 11.2 Å². The van der Waals surface area contributed by atoms with Gasteiger partial charge in [0.05, 0.1) is 35.1 Å². The molecule has 0 aliphatic heterocycles. The second-order valence-electron chi connectivity index (χ2n) is 8.17. The molecule has 4 rings (SSSR count). The predicted octanol–water partition coefficient (Wildman–Crippen LogP) is 4.77. The van der Waals surface area contributed by atoms with E-state index >= 15 is 0 Å². The first-order chi connectivity index (χ1) is 16.2. The number of aryl methyl sites for hydroxylation is 1. The molecule has 0 aliphatic rings. The molecule has 11 heteroatoms. The smallest absolute Gasteiger partial charge is 0.388 e. The first kappa shape index (κ1) is 22.8. The molecule has 0 spiro atoms. The second-order valence-corrected chi connectivity index (χ2v) is 8.17. The number of nitrogens with one attached hydrogen (secondary N) is 1. The van der Waals surface area contributed by atoms with Crippen LogP contribution in [-0.2, 0) is 0 Å². The van der Waals surface area contributed by atoms with Crippen LogP contribution in [0.4, 0.5) is 20.4 Å². The number of aromatic nitrogens is 5. The Balaban J connectivity index is 1.68. The van der Waals surface area contributed by atoms with Crippen LogP contribution < -0.4 is 14.8 Å². The van der Waals surface area contributed by atoms with Gasteiger partial charge >= 0.3 is 6.61 Å². The number of hydrogen-bond acceptors (Lipinski definition) is 8. The van der Waals surface area contributed by atoms with Crippen molar-refractivity contribution in [2.75, 3.05) is 11.9 Å². The van der Waals surface area contributed by atoms with Gasteiger partial charge in [-0.1, -0.05) is 0 Å². The highest BCUT2D eigenvalue weighted by Crippen LogP contribution is 2.34. The highest BCUT2D eigenvalue weighted by molar-refractivity contribution is 5.75. The maximum absolute atomic E-state index is 12.8. The third kappa shape index (κ3) is 5.35. The fourth-order valence-electron chi connectivity index (χ4n) is 3.09. The zero-order valence-electron chi connectivity index (χ0n) is 18.7. The number of pyridine rings is 2. The number of halogens is 2. The number of fused-ring (bicyclic) bond motifs is 1. The van der Waals surface area contributed by atoms with E-state index in [1.54, 1.807) is 43.0 Å². The van der Waals surface area contributed by atoms with Crippen LogP contribution in [0.25, 0.3) is 16.6 Å². The molecule has 0 fully saturated rings. The first-order valence-electron chi connectivity index (χ1n) is 10.3. The van der Waals surface area contributed by atoms with E-state index in [4.69, 9.17) is 4.74 Å².